The molecule has 1 N–H and O–H groups in total. The van der Waals surface area contributed by atoms with Gasteiger partial charge in [0.2, 0.25) is 15.9 Å². The quantitative estimate of drug-likeness (QED) is 0.321. The zero-order valence-electron chi connectivity index (χ0n) is 18.4. The molecule has 1 atom stereocenters. The van der Waals surface area contributed by atoms with Gasteiger partial charge in [-0.3, -0.25) is 0 Å². The van der Waals surface area contributed by atoms with E-state index in [-0.39, 0.29) is 16.7 Å². The average molecular weight is 489 g/mol. The number of hydrogen-bond acceptors (Lipinski definition) is 7. The van der Waals surface area contributed by atoms with Crippen molar-refractivity contribution < 1.29 is 32.2 Å². The first-order valence-corrected chi connectivity index (χ1v) is 13.1. The number of carboxylic acid groups (broad SMARTS) is 1. The lowest BCUT2D eigenvalue weighted by atomic mass is 10.0. The average Bonchev–Trinajstić information content (AvgIpc) is 2.80. The van der Waals surface area contributed by atoms with Crippen LogP contribution in [0.5, 0.6) is 5.75 Å². The summed E-state index contributed by atoms with van der Waals surface area (Å²) >= 11 is 1.31. The molecule has 0 radical (unpaired) electrons. The molecule has 1 aromatic carbocycles. The molecule has 0 aromatic heterocycles. The standard InChI is InChI=1S/C21H29FN2O6S2/c1-4-5-6-15-10-24(9-14-11-29-12-14)17-7-19(31-3)18(30-13-16(22)21(25)26)8-20(17)32(27,28)23(15)2/h7-8,13-15H,4-6,9-12H2,1-3H3,(H,25,26)/b16-13-/t15-/m1/s1. The summed E-state index contributed by atoms with van der Waals surface area (Å²) in [5.74, 6) is -2.82. The summed E-state index contributed by atoms with van der Waals surface area (Å²) in [6, 6.07) is 2.90. The first-order valence-electron chi connectivity index (χ1n) is 10.5. The smallest absolute Gasteiger partial charge is 0.368 e. The first-order chi connectivity index (χ1) is 15.2. The Bertz CT molecular complexity index is 981. The molecule has 2 aliphatic rings. The van der Waals surface area contributed by atoms with Gasteiger partial charge in [-0.15, -0.1) is 11.8 Å². The molecular formula is C21H29FN2O6S2. The molecule has 0 spiro atoms. The normalized spacial score (nSPS) is 21.6. The molecule has 1 saturated heterocycles. The van der Waals surface area contributed by atoms with Crippen molar-refractivity contribution in [1.82, 2.24) is 4.31 Å². The van der Waals surface area contributed by atoms with Crippen LogP contribution in [0.2, 0.25) is 0 Å². The van der Waals surface area contributed by atoms with Gasteiger partial charge in [0.1, 0.15) is 16.9 Å². The van der Waals surface area contributed by atoms with Crippen molar-refractivity contribution in [2.75, 3.05) is 44.5 Å². The Morgan fingerprint density at radius 1 is 1.41 bits per heavy atom. The monoisotopic (exact) mass is 488 g/mol. The number of carboxylic acids is 1. The van der Waals surface area contributed by atoms with E-state index in [1.165, 1.54) is 22.1 Å². The molecule has 1 fully saturated rings. The van der Waals surface area contributed by atoms with Crippen LogP contribution in [0.15, 0.2) is 34.0 Å². The lowest BCUT2D eigenvalue weighted by molar-refractivity contribution is -0.134. The van der Waals surface area contributed by atoms with Crippen molar-refractivity contribution in [2.24, 2.45) is 5.92 Å². The van der Waals surface area contributed by atoms with Crippen LogP contribution in [0.1, 0.15) is 26.2 Å². The molecule has 3 rings (SSSR count). The van der Waals surface area contributed by atoms with Gasteiger partial charge in [0.15, 0.2) is 0 Å². The van der Waals surface area contributed by atoms with Gasteiger partial charge in [-0.1, -0.05) is 19.8 Å². The predicted octanol–water partition coefficient (Wildman–Crippen LogP) is 3.33. The number of likely N-dealkylation sites (N-methyl/N-ethyl adjacent to an activating group) is 1. The topological polar surface area (TPSA) is 96.4 Å². The van der Waals surface area contributed by atoms with E-state index in [0.29, 0.717) is 49.1 Å². The molecule has 0 saturated carbocycles. The maximum Gasteiger partial charge on any atom is 0.368 e. The molecule has 11 heteroatoms. The summed E-state index contributed by atoms with van der Waals surface area (Å²) < 4.78 is 52.5. The first kappa shape index (κ1) is 24.8. The fourth-order valence-corrected chi connectivity index (χ4v) is 5.93. The number of benzene rings is 1. The number of aliphatic carboxylic acids is 1. The van der Waals surface area contributed by atoms with E-state index >= 15 is 0 Å². The number of anilines is 1. The highest BCUT2D eigenvalue weighted by atomic mass is 32.2. The number of nitrogens with zero attached hydrogens (tertiary/aromatic N) is 2. The third-order valence-corrected chi connectivity index (χ3v) is 8.46. The maximum absolute atomic E-state index is 13.5. The highest BCUT2D eigenvalue weighted by Gasteiger charge is 2.38. The van der Waals surface area contributed by atoms with Gasteiger partial charge in [0.25, 0.3) is 0 Å². The van der Waals surface area contributed by atoms with Crippen LogP contribution < -0.4 is 9.64 Å². The van der Waals surface area contributed by atoms with Gasteiger partial charge in [0.05, 0.1) is 23.8 Å². The summed E-state index contributed by atoms with van der Waals surface area (Å²) in [5.41, 5.74) is 0.571. The molecular weight excluding hydrogens is 459 g/mol. The van der Waals surface area contributed by atoms with E-state index in [1.807, 2.05) is 0 Å². The zero-order valence-corrected chi connectivity index (χ0v) is 20.0. The van der Waals surface area contributed by atoms with Crippen molar-refractivity contribution in [1.29, 1.82) is 0 Å². The third kappa shape index (κ3) is 5.22. The fourth-order valence-electron chi connectivity index (χ4n) is 3.81. The summed E-state index contributed by atoms with van der Waals surface area (Å²) in [6.45, 7) is 4.58. The molecule has 1 aromatic rings. The van der Waals surface area contributed by atoms with Crippen LogP contribution in [-0.4, -0.2) is 69.4 Å². The predicted molar refractivity (Wildman–Crippen MR) is 120 cm³/mol. The van der Waals surface area contributed by atoms with Crippen molar-refractivity contribution in [3.63, 3.8) is 0 Å². The van der Waals surface area contributed by atoms with E-state index in [9.17, 15) is 17.6 Å². The van der Waals surface area contributed by atoms with Gasteiger partial charge >= 0.3 is 5.97 Å². The Hall–Kier alpha value is -1.82. The number of unbranched alkanes of at least 4 members (excludes halogenated alkanes) is 1. The third-order valence-electron chi connectivity index (χ3n) is 5.76. The zero-order chi connectivity index (χ0) is 23.5. The summed E-state index contributed by atoms with van der Waals surface area (Å²) in [6.07, 6.45) is 4.87. The van der Waals surface area contributed by atoms with E-state index in [0.717, 1.165) is 19.3 Å². The number of halogens is 1. The Balaban J connectivity index is 2.09. The van der Waals surface area contributed by atoms with Crippen molar-refractivity contribution in [2.45, 2.75) is 42.0 Å². The Morgan fingerprint density at radius 2 is 2.12 bits per heavy atom. The molecule has 2 heterocycles. The molecule has 32 heavy (non-hydrogen) atoms. The van der Waals surface area contributed by atoms with E-state index in [4.69, 9.17) is 14.6 Å². The molecule has 178 valence electrons. The van der Waals surface area contributed by atoms with Crippen LogP contribution in [0.3, 0.4) is 0 Å². The SMILES string of the molecule is CCCC[C@@H]1CN(CC2COC2)c2cc(SC)c(O/C=C(\F)C(=O)O)cc2S(=O)(=O)N1C. The number of rotatable bonds is 9. The minimum absolute atomic E-state index is 0.0659. The minimum Gasteiger partial charge on any atom is -0.476 e. The van der Waals surface area contributed by atoms with Crippen LogP contribution in [0.4, 0.5) is 10.1 Å². The van der Waals surface area contributed by atoms with Crippen LogP contribution in [0, 0.1) is 5.92 Å². The van der Waals surface area contributed by atoms with Crippen LogP contribution in [-0.2, 0) is 19.6 Å². The second-order valence-electron chi connectivity index (χ2n) is 7.99. The second kappa shape index (κ2) is 10.4. The number of sulfonamides is 1. The van der Waals surface area contributed by atoms with E-state index < -0.39 is 21.8 Å². The summed E-state index contributed by atoms with van der Waals surface area (Å²) in [5, 5.41) is 8.73. The molecule has 2 aliphatic heterocycles. The number of ether oxygens (including phenoxy) is 2. The number of fused-ring (bicyclic) bond motifs is 1. The van der Waals surface area contributed by atoms with Gasteiger partial charge in [-0.25, -0.2) is 13.2 Å². The molecule has 0 aliphatic carbocycles. The lowest BCUT2D eigenvalue weighted by Crippen LogP contribution is -2.45. The molecule has 0 unspecified atom stereocenters. The Kier molecular flexibility index (Phi) is 8.07. The number of thioether (sulfide) groups is 1. The van der Waals surface area contributed by atoms with Gasteiger partial charge < -0.3 is 19.5 Å². The second-order valence-corrected chi connectivity index (χ2v) is 10.8. The summed E-state index contributed by atoms with van der Waals surface area (Å²) in [4.78, 5) is 13.5. The molecule has 8 nitrogen and oxygen atoms in total. The number of hydrogen-bond donors (Lipinski definition) is 1. The molecule has 0 amide bonds. The lowest BCUT2D eigenvalue weighted by Gasteiger charge is -2.35. The van der Waals surface area contributed by atoms with Gasteiger partial charge in [-0.2, -0.15) is 8.70 Å². The van der Waals surface area contributed by atoms with Crippen LogP contribution in [0.25, 0.3) is 0 Å². The van der Waals surface area contributed by atoms with Crippen molar-refractivity contribution in [3.8, 4) is 5.75 Å². The van der Waals surface area contributed by atoms with Crippen LogP contribution >= 0.6 is 11.8 Å². The Labute approximate surface area is 192 Å². The Morgan fingerprint density at radius 3 is 2.69 bits per heavy atom. The number of carbonyl (C=O) groups is 1. The molecule has 0 bridgehead atoms. The largest absolute Gasteiger partial charge is 0.476 e. The van der Waals surface area contributed by atoms with Crippen molar-refractivity contribution >= 4 is 33.4 Å². The van der Waals surface area contributed by atoms with Crippen molar-refractivity contribution in [3.05, 3.63) is 24.2 Å². The highest BCUT2D eigenvalue weighted by molar-refractivity contribution is 7.98. The maximum atomic E-state index is 13.5. The minimum atomic E-state index is -3.86. The highest BCUT2D eigenvalue weighted by Crippen LogP contribution is 2.41. The fraction of sp³-hybridized carbons (Fsp3) is 0.571. The van der Waals surface area contributed by atoms with Gasteiger partial charge in [-0.05, 0) is 18.7 Å². The summed E-state index contributed by atoms with van der Waals surface area (Å²) in [7, 11) is -2.27. The van der Waals surface area contributed by atoms with Gasteiger partial charge in [0, 0.05) is 38.2 Å². The van der Waals surface area contributed by atoms with E-state index in [2.05, 4.69) is 11.8 Å². The van der Waals surface area contributed by atoms with E-state index in [1.54, 1.807) is 19.4 Å².